The quantitative estimate of drug-likeness (QED) is 0.282. The molecule has 2 fully saturated rings. The van der Waals surface area contributed by atoms with Gasteiger partial charge in [-0.2, -0.15) is 0 Å². The van der Waals surface area contributed by atoms with Crippen LogP contribution in [-0.4, -0.2) is 38.1 Å². The third-order valence-corrected chi connectivity index (χ3v) is 5.45. The molecule has 1 aromatic carbocycles. The number of amides is 1. The van der Waals surface area contributed by atoms with Crippen molar-refractivity contribution in [3.8, 4) is 5.75 Å². The first-order valence-corrected chi connectivity index (χ1v) is 10.6. The highest BCUT2D eigenvalue weighted by atomic mass is 127. The van der Waals surface area contributed by atoms with E-state index >= 15 is 0 Å². The van der Waals surface area contributed by atoms with Crippen LogP contribution in [0.2, 0.25) is 0 Å². The van der Waals surface area contributed by atoms with Crippen LogP contribution in [-0.2, 0) is 11.3 Å². The van der Waals surface area contributed by atoms with Gasteiger partial charge < -0.3 is 20.7 Å². The van der Waals surface area contributed by atoms with E-state index in [0.29, 0.717) is 18.5 Å². The zero-order valence-electron chi connectivity index (χ0n) is 17.6. The summed E-state index contributed by atoms with van der Waals surface area (Å²) in [6.45, 7) is 3.71. The molecule has 0 aromatic heterocycles. The summed E-state index contributed by atoms with van der Waals surface area (Å²) in [5.74, 6) is 2.30. The predicted octanol–water partition coefficient (Wildman–Crippen LogP) is 3.52. The number of hydrogen-bond acceptors (Lipinski definition) is 3. The molecule has 1 aromatic rings. The van der Waals surface area contributed by atoms with Gasteiger partial charge in [0.05, 0.1) is 13.2 Å². The molecule has 1 amide bonds. The van der Waals surface area contributed by atoms with E-state index in [0.717, 1.165) is 36.7 Å². The summed E-state index contributed by atoms with van der Waals surface area (Å²) in [6, 6.07) is 6.60. The second kappa shape index (κ2) is 12.2. The minimum Gasteiger partial charge on any atom is -0.493 e. The second-order valence-corrected chi connectivity index (χ2v) is 8.05. The molecule has 6 nitrogen and oxygen atoms in total. The average molecular weight is 514 g/mol. The van der Waals surface area contributed by atoms with Crippen LogP contribution in [0.25, 0.3) is 0 Å². The number of carbonyl (C=O) groups excluding carboxylic acids is 1. The van der Waals surface area contributed by atoms with Crippen molar-refractivity contribution in [2.75, 3.05) is 20.2 Å². The zero-order valence-corrected chi connectivity index (χ0v) is 20.0. The maximum absolute atomic E-state index is 12.2. The normalized spacial score (nSPS) is 17.2. The first kappa shape index (κ1) is 23.8. The Morgan fingerprint density at radius 2 is 1.90 bits per heavy atom. The van der Waals surface area contributed by atoms with Gasteiger partial charge in [0.25, 0.3) is 0 Å². The maximum atomic E-state index is 12.2. The van der Waals surface area contributed by atoms with E-state index in [1.54, 1.807) is 7.05 Å². The molecule has 0 saturated heterocycles. The Hall–Kier alpha value is -1.51. The van der Waals surface area contributed by atoms with Crippen LogP contribution in [0.1, 0.15) is 56.1 Å². The highest BCUT2D eigenvalue weighted by Crippen LogP contribution is 2.30. The van der Waals surface area contributed by atoms with Crippen LogP contribution < -0.4 is 20.7 Å². The number of nitrogens with one attached hydrogen (secondary N) is 3. The molecule has 29 heavy (non-hydrogen) atoms. The van der Waals surface area contributed by atoms with Crippen LogP contribution in [0.3, 0.4) is 0 Å². The van der Waals surface area contributed by atoms with Crippen molar-refractivity contribution in [3.05, 3.63) is 29.3 Å². The number of aliphatic imine (C=N–C) groups is 1. The molecular formula is C22H35IN4O2. The number of aryl methyl sites for hydroxylation is 1. The molecule has 7 heteroatoms. The lowest BCUT2D eigenvalue weighted by Crippen LogP contribution is -2.45. The van der Waals surface area contributed by atoms with Gasteiger partial charge in [0.1, 0.15) is 5.75 Å². The Morgan fingerprint density at radius 1 is 1.14 bits per heavy atom. The molecule has 0 aliphatic heterocycles. The van der Waals surface area contributed by atoms with Crippen LogP contribution in [0.15, 0.2) is 23.2 Å². The summed E-state index contributed by atoms with van der Waals surface area (Å²) >= 11 is 0. The van der Waals surface area contributed by atoms with Crippen molar-refractivity contribution in [2.24, 2.45) is 10.9 Å². The molecule has 0 radical (unpaired) electrons. The average Bonchev–Trinajstić information content (AvgIpc) is 3.53. The zero-order chi connectivity index (χ0) is 19.8. The Morgan fingerprint density at radius 3 is 2.59 bits per heavy atom. The van der Waals surface area contributed by atoms with Gasteiger partial charge in [0, 0.05) is 25.2 Å². The summed E-state index contributed by atoms with van der Waals surface area (Å²) in [7, 11) is 1.72. The molecule has 0 spiro atoms. The number of guanidine groups is 1. The molecule has 3 N–H and O–H groups in total. The lowest BCUT2D eigenvalue weighted by Gasteiger charge is -2.23. The van der Waals surface area contributed by atoms with Gasteiger partial charge in [-0.1, -0.05) is 31.4 Å². The molecule has 0 atom stereocenters. The van der Waals surface area contributed by atoms with Crippen molar-refractivity contribution in [1.82, 2.24) is 16.0 Å². The largest absolute Gasteiger partial charge is 0.493 e. The second-order valence-electron chi connectivity index (χ2n) is 8.05. The van der Waals surface area contributed by atoms with Crippen LogP contribution in [0.4, 0.5) is 0 Å². The molecule has 0 heterocycles. The smallest absolute Gasteiger partial charge is 0.239 e. The van der Waals surface area contributed by atoms with E-state index in [1.807, 2.05) is 0 Å². The number of benzene rings is 1. The lowest BCUT2D eigenvalue weighted by atomic mass is 9.95. The highest BCUT2D eigenvalue weighted by molar-refractivity contribution is 14.0. The van der Waals surface area contributed by atoms with Gasteiger partial charge in [-0.3, -0.25) is 9.79 Å². The van der Waals surface area contributed by atoms with Gasteiger partial charge in [0.15, 0.2) is 5.96 Å². The minimum atomic E-state index is 0. The molecule has 0 unspecified atom stereocenters. The van der Waals surface area contributed by atoms with Gasteiger partial charge in [-0.15, -0.1) is 24.0 Å². The molecule has 2 aliphatic rings. The van der Waals surface area contributed by atoms with Crippen molar-refractivity contribution >= 4 is 35.8 Å². The molecule has 0 bridgehead atoms. The topological polar surface area (TPSA) is 74.8 Å². The monoisotopic (exact) mass is 514 g/mol. The Bertz CT molecular complexity index is 685. The third kappa shape index (κ3) is 8.40. The first-order valence-electron chi connectivity index (χ1n) is 10.6. The highest BCUT2D eigenvalue weighted by Gasteiger charge is 2.22. The number of nitrogens with zero attached hydrogens (tertiary/aromatic N) is 1. The Kier molecular flexibility index (Phi) is 10.0. The Labute approximate surface area is 191 Å². The molecule has 2 aliphatic carbocycles. The van der Waals surface area contributed by atoms with Crippen LogP contribution in [0, 0.1) is 12.8 Å². The Balaban J connectivity index is 0.00000300. The number of ether oxygens (including phenoxy) is 1. The summed E-state index contributed by atoms with van der Waals surface area (Å²) < 4.78 is 6.03. The van der Waals surface area contributed by atoms with Crippen molar-refractivity contribution < 1.29 is 9.53 Å². The molecular weight excluding hydrogens is 479 g/mol. The fourth-order valence-electron chi connectivity index (χ4n) is 3.52. The van der Waals surface area contributed by atoms with E-state index in [1.165, 1.54) is 37.7 Å². The summed E-state index contributed by atoms with van der Waals surface area (Å²) in [6.07, 6.45) is 8.45. The number of carbonyl (C=O) groups is 1. The van der Waals surface area contributed by atoms with Gasteiger partial charge in [-0.25, -0.2) is 0 Å². The molecule has 162 valence electrons. The summed E-state index contributed by atoms with van der Waals surface area (Å²) in [5, 5.41) is 9.51. The lowest BCUT2D eigenvalue weighted by molar-refractivity contribution is -0.120. The van der Waals surface area contributed by atoms with E-state index in [-0.39, 0.29) is 36.4 Å². The predicted molar refractivity (Wildman–Crippen MR) is 128 cm³/mol. The SMILES string of the molecule is CN=C(NCC(=O)NC1CCCCC1)NCc1ccc(C)cc1OCC1CC1.I. The van der Waals surface area contributed by atoms with E-state index in [2.05, 4.69) is 46.1 Å². The minimum absolute atomic E-state index is 0. The fourth-order valence-corrected chi connectivity index (χ4v) is 3.52. The van der Waals surface area contributed by atoms with Crippen LogP contribution in [0.5, 0.6) is 5.75 Å². The fraction of sp³-hybridized carbons (Fsp3) is 0.636. The van der Waals surface area contributed by atoms with Crippen molar-refractivity contribution in [1.29, 1.82) is 0 Å². The van der Waals surface area contributed by atoms with E-state index < -0.39 is 0 Å². The molecule has 3 rings (SSSR count). The van der Waals surface area contributed by atoms with Gasteiger partial charge >= 0.3 is 0 Å². The van der Waals surface area contributed by atoms with E-state index in [4.69, 9.17) is 4.74 Å². The van der Waals surface area contributed by atoms with Gasteiger partial charge in [-0.05, 0) is 50.2 Å². The number of halogens is 1. The summed E-state index contributed by atoms with van der Waals surface area (Å²) in [5.41, 5.74) is 2.29. The number of rotatable bonds is 8. The van der Waals surface area contributed by atoms with Gasteiger partial charge in [0.2, 0.25) is 5.91 Å². The van der Waals surface area contributed by atoms with Crippen molar-refractivity contribution in [3.63, 3.8) is 0 Å². The summed E-state index contributed by atoms with van der Waals surface area (Å²) in [4.78, 5) is 16.4. The van der Waals surface area contributed by atoms with E-state index in [9.17, 15) is 4.79 Å². The van der Waals surface area contributed by atoms with Crippen molar-refractivity contribution in [2.45, 2.75) is 64.5 Å². The maximum Gasteiger partial charge on any atom is 0.239 e. The van der Waals surface area contributed by atoms with Crippen LogP contribution >= 0.6 is 24.0 Å². The standard InChI is InChI=1S/C22H34N4O2.HI/c1-16-8-11-18(20(12-16)28-15-17-9-10-17)13-24-22(23-2)25-14-21(27)26-19-6-4-3-5-7-19;/h8,11-12,17,19H,3-7,9-10,13-15H2,1-2H3,(H,26,27)(H2,23,24,25);1H. The number of hydrogen-bond donors (Lipinski definition) is 3. The molecule has 2 saturated carbocycles. The first-order chi connectivity index (χ1) is 13.6. The third-order valence-electron chi connectivity index (χ3n) is 5.45.